The maximum atomic E-state index is 12.1. The summed E-state index contributed by atoms with van der Waals surface area (Å²) in [5.74, 6) is 2.14. The van der Waals surface area contributed by atoms with Crippen LogP contribution in [0.5, 0.6) is 11.5 Å². The Labute approximate surface area is 195 Å². The van der Waals surface area contributed by atoms with Gasteiger partial charge in [-0.25, -0.2) is 4.99 Å². The molecule has 0 saturated heterocycles. The molecule has 2 rings (SSSR count). The van der Waals surface area contributed by atoms with E-state index >= 15 is 0 Å². The smallest absolute Gasteiger partial charge is 0.242 e. The van der Waals surface area contributed by atoms with E-state index in [0.717, 1.165) is 29.0 Å². The average Bonchev–Trinajstić information content (AvgIpc) is 2.76. The highest BCUT2D eigenvalue weighted by Crippen LogP contribution is 2.17. The molecule has 2 aromatic carbocycles. The number of methoxy groups -OCH3 is 2. The van der Waals surface area contributed by atoms with E-state index in [4.69, 9.17) is 9.47 Å². The molecule has 0 fully saturated rings. The number of para-hydroxylation sites is 1. The molecule has 30 heavy (non-hydrogen) atoms. The summed E-state index contributed by atoms with van der Waals surface area (Å²) in [6.45, 7) is 3.89. The van der Waals surface area contributed by atoms with Gasteiger partial charge in [0.15, 0.2) is 5.96 Å². The number of hydrogen-bond acceptors (Lipinski definition) is 4. The highest BCUT2D eigenvalue weighted by Gasteiger charge is 2.05. The fourth-order valence-electron chi connectivity index (χ4n) is 2.72. The van der Waals surface area contributed by atoms with Gasteiger partial charge in [0.2, 0.25) is 5.91 Å². The SMILES string of the molecule is CCNC(=NCC(=O)NCc1ccc(OC)cc1)NCCc1ccccc1OC.I. The van der Waals surface area contributed by atoms with E-state index in [2.05, 4.69) is 20.9 Å². The summed E-state index contributed by atoms with van der Waals surface area (Å²) in [4.78, 5) is 16.5. The number of hydrogen-bond donors (Lipinski definition) is 3. The zero-order valence-electron chi connectivity index (χ0n) is 17.7. The first-order valence-electron chi connectivity index (χ1n) is 9.70. The molecule has 8 heteroatoms. The van der Waals surface area contributed by atoms with Crippen molar-refractivity contribution in [3.05, 3.63) is 59.7 Å². The Morgan fingerprint density at radius 2 is 1.70 bits per heavy atom. The topological polar surface area (TPSA) is 84.0 Å². The van der Waals surface area contributed by atoms with Crippen LogP contribution in [0.3, 0.4) is 0 Å². The first-order valence-corrected chi connectivity index (χ1v) is 9.70. The van der Waals surface area contributed by atoms with Crippen LogP contribution in [-0.2, 0) is 17.8 Å². The van der Waals surface area contributed by atoms with Crippen LogP contribution in [0.25, 0.3) is 0 Å². The first kappa shape index (κ1) is 25.5. The van der Waals surface area contributed by atoms with Crippen molar-refractivity contribution in [3.8, 4) is 11.5 Å². The van der Waals surface area contributed by atoms with E-state index in [-0.39, 0.29) is 36.4 Å². The number of rotatable bonds is 10. The first-order chi connectivity index (χ1) is 14.2. The number of nitrogens with zero attached hydrogens (tertiary/aromatic N) is 1. The van der Waals surface area contributed by atoms with Crippen molar-refractivity contribution in [3.63, 3.8) is 0 Å². The number of benzene rings is 2. The maximum Gasteiger partial charge on any atom is 0.242 e. The molecule has 0 aliphatic rings. The summed E-state index contributed by atoms with van der Waals surface area (Å²) in [6, 6.07) is 15.5. The molecule has 2 aromatic rings. The number of carbonyl (C=O) groups is 1. The summed E-state index contributed by atoms with van der Waals surface area (Å²) >= 11 is 0. The van der Waals surface area contributed by atoms with Crippen LogP contribution in [-0.4, -0.2) is 45.7 Å². The maximum absolute atomic E-state index is 12.1. The fraction of sp³-hybridized carbons (Fsp3) is 0.364. The monoisotopic (exact) mass is 526 g/mol. The second-order valence-electron chi connectivity index (χ2n) is 6.31. The summed E-state index contributed by atoms with van der Waals surface area (Å²) in [6.07, 6.45) is 0.790. The van der Waals surface area contributed by atoms with Gasteiger partial charge in [0.05, 0.1) is 14.2 Å². The minimum absolute atomic E-state index is 0. The molecule has 0 bridgehead atoms. The third-order valence-electron chi connectivity index (χ3n) is 4.25. The molecule has 0 saturated carbocycles. The zero-order valence-corrected chi connectivity index (χ0v) is 20.1. The fourth-order valence-corrected chi connectivity index (χ4v) is 2.72. The zero-order chi connectivity index (χ0) is 20.9. The van der Waals surface area contributed by atoms with Crippen LogP contribution in [0.2, 0.25) is 0 Å². The molecule has 3 N–H and O–H groups in total. The normalized spacial score (nSPS) is 10.6. The number of aliphatic imine (C=N–C) groups is 1. The molecule has 164 valence electrons. The van der Waals surface area contributed by atoms with E-state index < -0.39 is 0 Å². The van der Waals surface area contributed by atoms with E-state index in [0.29, 0.717) is 25.6 Å². The minimum atomic E-state index is -0.136. The van der Waals surface area contributed by atoms with Gasteiger partial charge < -0.3 is 25.4 Å². The lowest BCUT2D eigenvalue weighted by atomic mass is 10.1. The lowest BCUT2D eigenvalue weighted by molar-refractivity contribution is -0.119. The van der Waals surface area contributed by atoms with Crippen molar-refractivity contribution in [2.45, 2.75) is 19.9 Å². The Kier molecular flexibility index (Phi) is 12.3. The second kappa shape index (κ2) is 14.5. The number of amides is 1. The molecule has 0 aliphatic carbocycles. The van der Waals surface area contributed by atoms with Crippen molar-refractivity contribution >= 4 is 35.8 Å². The standard InChI is InChI=1S/C22H30N4O3.HI/c1-4-23-22(24-14-13-18-7-5-6-8-20(18)29-3)26-16-21(27)25-15-17-9-11-19(28-2)12-10-17;/h5-12H,4,13-16H2,1-3H3,(H,25,27)(H2,23,24,26);1H. The van der Waals surface area contributed by atoms with E-state index in [1.165, 1.54) is 0 Å². The van der Waals surface area contributed by atoms with Gasteiger partial charge in [0.25, 0.3) is 0 Å². The Balaban J connectivity index is 0.00000450. The Bertz CT molecular complexity index is 797. The molecule has 0 aromatic heterocycles. The second-order valence-corrected chi connectivity index (χ2v) is 6.31. The van der Waals surface area contributed by atoms with Crippen LogP contribution >= 0.6 is 24.0 Å². The minimum Gasteiger partial charge on any atom is -0.497 e. The molecule has 0 spiro atoms. The van der Waals surface area contributed by atoms with Crippen molar-refractivity contribution in [2.24, 2.45) is 4.99 Å². The summed E-state index contributed by atoms with van der Waals surface area (Å²) in [5.41, 5.74) is 2.13. The average molecular weight is 526 g/mol. The van der Waals surface area contributed by atoms with Gasteiger partial charge >= 0.3 is 0 Å². The van der Waals surface area contributed by atoms with Gasteiger partial charge in [-0.2, -0.15) is 0 Å². The van der Waals surface area contributed by atoms with E-state index in [1.807, 2.05) is 55.5 Å². The van der Waals surface area contributed by atoms with Crippen LogP contribution in [0.1, 0.15) is 18.1 Å². The van der Waals surface area contributed by atoms with E-state index in [1.54, 1.807) is 14.2 Å². The van der Waals surface area contributed by atoms with Gasteiger partial charge in [-0.3, -0.25) is 4.79 Å². The highest BCUT2D eigenvalue weighted by atomic mass is 127. The van der Waals surface area contributed by atoms with Crippen molar-refractivity contribution in [1.29, 1.82) is 0 Å². The molecule has 7 nitrogen and oxygen atoms in total. The summed E-state index contributed by atoms with van der Waals surface area (Å²) in [5, 5.41) is 9.28. The Hall–Kier alpha value is -2.49. The lowest BCUT2D eigenvalue weighted by Gasteiger charge is -2.13. The van der Waals surface area contributed by atoms with Gasteiger partial charge in [0, 0.05) is 19.6 Å². The molecule has 0 unspecified atom stereocenters. The predicted molar refractivity (Wildman–Crippen MR) is 131 cm³/mol. The van der Waals surface area contributed by atoms with Crippen LogP contribution < -0.4 is 25.4 Å². The van der Waals surface area contributed by atoms with Gasteiger partial charge in [-0.1, -0.05) is 30.3 Å². The largest absolute Gasteiger partial charge is 0.497 e. The Morgan fingerprint density at radius 3 is 2.37 bits per heavy atom. The quantitative estimate of drug-likeness (QED) is 0.252. The highest BCUT2D eigenvalue weighted by molar-refractivity contribution is 14.0. The summed E-state index contributed by atoms with van der Waals surface area (Å²) in [7, 11) is 3.30. The number of nitrogens with one attached hydrogen (secondary N) is 3. The van der Waals surface area contributed by atoms with Gasteiger partial charge in [-0.05, 0) is 42.7 Å². The molecule has 0 heterocycles. The van der Waals surface area contributed by atoms with Crippen molar-refractivity contribution < 1.29 is 14.3 Å². The predicted octanol–water partition coefficient (Wildman–Crippen LogP) is 2.74. The van der Waals surface area contributed by atoms with Crippen LogP contribution in [0, 0.1) is 0 Å². The molecule has 0 atom stereocenters. The van der Waals surface area contributed by atoms with Crippen LogP contribution in [0.15, 0.2) is 53.5 Å². The Morgan fingerprint density at radius 1 is 0.967 bits per heavy atom. The molecule has 0 aliphatic heterocycles. The molecular weight excluding hydrogens is 495 g/mol. The number of halogens is 1. The summed E-state index contributed by atoms with van der Waals surface area (Å²) < 4.78 is 10.5. The van der Waals surface area contributed by atoms with Gasteiger partial charge in [-0.15, -0.1) is 24.0 Å². The van der Waals surface area contributed by atoms with Crippen LogP contribution in [0.4, 0.5) is 0 Å². The molecular formula is C22H31IN4O3. The van der Waals surface area contributed by atoms with Crippen molar-refractivity contribution in [2.75, 3.05) is 33.9 Å². The van der Waals surface area contributed by atoms with Crippen molar-refractivity contribution in [1.82, 2.24) is 16.0 Å². The lowest BCUT2D eigenvalue weighted by Crippen LogP contribution is -2.39. The number of carbonyl (C=O) groups excluding carboxylic acids is 1. The molecule has 0 radical (unpaired) electrons. The molecule has 1 amide bonds. The van der Waals surface area contributed by atoms with E-state index in [9.17, 15) is 4.79 Å². The van der Waals surface area contributed by atoms with Gasteiger partial charge in [0.1, 0.15) is 18.0 Å². The third-order valence-corrected chi connectivity index (χ3v) is 4.25. The number of ether oxygens (including phenoxy) is 2. The number of guanidine groups is 1. The third kappa shape index (κ3) is 8.89.